The molecule has 5 rings (SSSR count). The predicted molar refractivity (Wildman–Crippen MR) is 124 cm³/mol. The average molecular weight is 407 g/mol. The molecule has 0 unspecified atom stereocenters. The first-order valence-corrected chi connectivity index (χ1v) is 9.99. The van der Waals surface area contributed by atoms with Crippen LogP contribution in [0.4, 0.5) is 11.5 Å². The number of anilines is 2. The number of ether oxygens (including phenoxy) is 1. The largest absolute Gasteiger partial charge is 0.495 e. The monoisotopic (exact) mass is 407 g/mol. The van der Waals surface area contributed by atoms with Crippen molar-refractivity contribution in [3.63, 3.8) is 0 Å². The number of hydrogen-bond acceptors (Lipinski definition) is 5. The number of hydrogen-bond donors (Lipinski definition) is 2. The van der Waals surface area contributed by atoms with Crippen LogP contribution in [-0.4, -0.2) is 27.3 Å². The SMILES string of the molecule is COc1ccc(-c2ccccc2)cc1Nc1ncnc2n[nH]c(-c3ccc(C)cc3)c12. The normalized spacial score (nSPS) is 10.9. The van der Waals surface area contributed by atoms with Crippen molar-refractivity contribution in [1.29, 1.82) is 0 Å². The van der Waals surface area contributed by atoms with Crippen LogP contribution in [0.25, 0.3) is 33.4 Å². The van der Waals surface area contributed by atoms with Gasteiger partial charge in [0.2, 0.25) is 0 Å². The molecule has 0 saturated carbocycles. The van der Waals surface area contributed by atoms with Gasteiger partial charge >= 0.3 is 0 Å². The van der Waals surface area contributed by atoms with Gasteiger partial charge in [0.25, 0.3) is 0 Å². The second kappa shape index (κ2) is 7.91. The van der Waals surface area contributed by atoms with E-state index < -0.39 is 0 Å². The zero-order valence-electron chi connectivity index (χ0n) is 17.3. The molecule has 0 radical (unpaired) electrons. The number of H-pyrrole nitrogens is 1. The molecule has 0 aliphatic heterocycles. The lowest BCUT2D eigenvalue weighted by molar-refractivity contribution is 0.417. The van der Waals surface area contributed by atoms with E-state index in [1.54, 1.807) is 7.11 Å². The first-order chi connectivity index (χ1) is 15.2. The Morgan fingerprint density at radius 1 is 0.839 bits per heavy atom. The first-order valence-electron chi connectivity index (χ1n) is 9.99. The van der Waals surface area contributed by atoms with Crippen LogP contribution >= 0.6 is 0 Å². The number of aromatic amines is 1. The number of rotatable bonds is 5. The second-order valence-corrected chi connectivity index (χ2v) is 7.29. The third-order valence-electron chi connectivity index (χ3n) is 5.25. The minimum absolute atomic E-state index is 0.603. The van der Waals surface area contributed by atoms with Gasteiger partial charge in [-0.05, 0) is 30.2 Å². The van der Waals surface area contributed by atoms with Crippen molar-refractivity contribution in [3.8, 4) is 28.1 Å². The first kappa shape index (κ1) is 18.8. The van der Waals surface area contributed by atoms with Gasteiger partial charge in [-0.3, -0.25) is 5.10 Å². The van der Waals surface area contributed by atoms with E-state index in [4.69, 9.17) is 4.74 Å². The van der Waals surface area contributed by atoms with Crippen LogP contribution in [0.2, 0.25) is 0 Å². The number of benzene rings is 3. The highest BCUT2D eigenvalue weighted by Gasteiger charge is 2.16. The van der Waals surface area contributed by atoms with E-state index in [9.17, 15) is 0 Å². The topological polar surface area (TPSA) is 75.7 Å². The summed E-state index contributed by atoms with van der Waals surface area (Å²) in [5.74, 6) is 1.39. The van der Waals surface area contributed by atoms with Crippen molar-refractivity contribution in [2.75, 3.05) is 12.4 Å². The molecule has 0 atom stereocenters. The fraction of sp³-hybridized carbons (Fsp3) is 0.0800. The number of methoxy groups -OCH3 is 1. The van der Waals surface area contributed by atoms with E-state index in [-0.39, 0.29) is 0 Å². The molecule has 31 heavy (non-hydrogen) atoms. The Balaban J connectivity index is 1.61. The van der Waals surface area contributed by atoms with Crippen LogP contribution in [0.5, 0.6) is 5.75 Å². The Morgan fingerprint density at radius 2 is 1.61 bits per heavy atom. The Labute approximate surface area is 180 Å². The van der Waals surface area contributed by atoms with Gasteiger partial charge in [-0.2, -0.15) is 5.10 Å². The predicted octanol–water partition coefficient (Wildman–Crippen LogP) is 5.75. The van der Waals surface area contributed by atoms with Gasteiger partial charge in [0.05, 0.1) is 23.9 Å². The third-order valence-corrected chi connectivity index (χ3v) is 5.25. The minimum Gasteiger partial charge on any atom is -0.495 e. The van der Waals surface area contributed by atoms with Crippen molar-refractivity contribution in [1.82, 2.24) is 20.2 Å². The fourth-order valence-electron chi connectivity index (χ4n) is 3.62. The van der Waals surface area contributed by atoms with Crippen LogP contribution in [0, 0.1) is 6.92 Å². The van der Waals surface area contributed by atoms with Crippen LogP contribution in [-0.2, 0) is 0 Å². The van der Waals surface area contributed by atoms with Crippen molar-refractivity contribution in [3.05, 3.63) is 84.7 Å². The van der Waals surface area contributed by atoms with E-state index in [1.807, 2.05) is 30.3 Å². The van der Waals surface area contributed by atoms with E-state index in [0.717, 1.165) is 39.2 Å². The van der Waals surface area contributed by atoms with Gasteiger partial charge in [-0.15, -0.1) is 0 Å². The summed E-state index contributed by atoms with van der Waals surface area (Å²) in [5, 5.41) is 11.8. The lowest BCUT2D eigenvalue weighted by Gasteiger charge is -2.13. The highest BCUT2D eigenvalue weighted by molar-refractivity contribution is 6.00. The summed E-state index contributed by atoms with van der Waals surface area (Å²) in [7, 11) is 1.66. The summed E-state index contributed by atoms with van der Waals surface area (Å²) in [6.45, 7) is 2.07. The Hall–Kier alpha value is -4.19. The molecule has 5 aromatic rings. The second-order valence-electron chi connectivity index (χ2n) is 7.29. The molecule has 0 spiro atoms. The van der Waals surface area contributed by atoms with Gasteiger partial charge in [0, 0.05) is 5.56 Å². The Kier molecular flexibility index (Phi) is 4.80. The van der Waals surface area contributed by atoms with E-state index in [1.165, 1.54) is 11.9 Å². The molecule has 6 nitrogen and oxygen atoms in total. The van der Waals surface area contributed by atoms with E-state index in [0.29, 0.717) is 11.5 Å². The highest BCUT2D eigenvalue weighted by atomic mass is 16.5. The molecular formula is C25H21N5O. The molecule has 0 aliphatic rings. The molecule has 0 saturated heterocycles. The molecule has 3 aromatic carbocycles. The summed E-state index contributed by atoms with van der Waals surface area (Å²) in [6, 6.07) is 24.6. The van der Waals surface area contributed by atoms with E-state index in [2.05, 4.69) is 74.9 Å². The van der Waals surface area contributed by atoms with Crippen molar-refractivity contribution >= 4 is 22.5 Å². The summed E-state index contributed by atoms with van der Waals surface area (Å²) in [4.78, 5) is 8.85. The van der Waals surface area contributed by atoms with Gasteiger partial charge < -0.3 is 10.1 Å². The van der Waals surface area contributed by atoms with Gasteiger partial charge in [-0.1, -0.05) is 66.2 Å². The Morgan fingerprint density at radius 3 is 2.39 bits per heavy atom. The summed E-state index contributed by atoms with van der Waals surface area (Å²) < 4.78 is 5.60. The quantitative estimate of drug-likeness (QED) is 0.388. The maximum atomic E-state index is 5.60. The maximum absolute atomic E-state index is 5.60. The Bertz CT molecular complexity index is 1340. The smallest absolute Gasteiger partial charge is 0.186 e. The molecule has 0 bridgehead atoms. The minimum atomic E-state index is 0.603. The fourth-order valence-corrected chi connectivity index (χ4v) is 3.62. The molecular weight excluding hydrogens is 386 g/mol. The highest BCUT2D eigenvalue weighted by Crippen LogP contribution is 2.36. The van der Waals surface area contributed by atoms with Crippen LogP contribution in [0.3, 0.4) is 0 Å². The summed E-state index contributed by atoms with van der Waals surface area (Å²) in [5.41, 5.74) is 6.73. The zero-order chi connectivity index (χ0) is 21.2. The van der Waals surface area contributed by atoms with Gasteiger partial charge in [-0.25, -0.2) is 9.97 Å². The zero-order valence-corrected chi connectivity index (χ0v) is 17.3. The molecule has 2 N–H and O–H groups in total. The van der Waals surface area contributed by atoms with Crippen LogP contribution < -0.4 is 10.1 Å². The molecule has 6 heteroatoms. The average Bonchev–Trinajstić information content (AvgIpc) is 3.25. The molecule has 0 amide bonds. The molecule has 2 heterocycles. The van der Waals surface area contributed by atoms with Gasteiger partial charge in [0.15, 0.2) is 5.65 Å². The number of aryl methyl sites for hydroxylation is 1. The maximum Gasteiger partial charge on any atom is 0.186 e. The van der Waals surface area contributed by atoms with Crippen LogP contribution in [0.15, 0.2) is 79.1 Å². The lowest BCUT2D eigenvalue weighted by Crippen LogP contribution is -1.99. The van der Waals surface area contributed by atoms with Gasteiger partial charge in [0.1, 0.15) is 17.9 Å². The molecule has 152 valence electrons. The van der Waals surface area contributed by atoms with Crippen molar-refractivity contribution < 1.29 is 4.74 Å². The number of nitrogens with zero attached hydrogens (tertiary/aromatic N) is 3. The number of fused-ring (bicyclic) bond motifs is 1. The van der Waals surface area contributed by atoms with Crippen molar-refractivity contribution in [2.45, 2.75) is 6.92 Å². The lowest BCUT2D eigenvalue weighted by atomic mass is 10.0. The van der Waals surface area contributed by atoms with Crippen molar-refractivity contribution in [2.24, 2.45) is 0 Å². The number of nitrogens with one attached hydrogen (secondary N) is 2. The molecule has 0 fully saturated rings. The third kappa shape index (κ3) is 3.59. The summed E-state index contributed by atoms with van der Waals surface area (Å²) >= 11 is 0. The van der Waals surface area contributed by atoms with E-state index >= 15 is 0 Å². The number of aromatic nitrogens is 4. The van der Waals surface area contributed by atoms with Crippen LogP contribution in [0.1, 0.15) is 5.56 Å². The molecule has 2 aromatic heterocycles. The standard InChI is InChI=1S/C25H21N5O/c1-16-8-10-18(11-9-16)23-22-24(26-15-27-25(22)30-29-23)28-20-14-19(12-13-21(20)31-2)17-6-4-3-5-7-17/h3-15H,1-2H3,(H2,26,27,28,29,30). The molecule has 0 aliphatic carbocycles. The summed E-state index contributed by atoms with van der Waals surface area (Å²) in [6.07, 6.45) is 1.51.